The number of carbonyl (C=O) groups is 1. The van der Waals surface area contributed by atoms with Crippen LogP contribution < -0.4 is 10.9 Å². The first kappa shape index (κ1) is 17.6. The maximum absolute atomic E-state index is 13.1. The van der Waals surface area contributed by atoms with Gasteiger partial charge in [-0.15, -0.1) is 0 Å². The Balaban J connectivity index is 1.41. The second-order valence-corrected chi connectivity index (χ2v) is 8.36. The van der Waals surface area contributed by atoms with Crippen LogP contribution in [0.1, 0.15) is 59.4 Å². The Morgan fingerprint density at radius 1 is 1.21 bits per heavy atom. The van der Waals surface area contributed by atoms with Crippen molar-refractivity contribution in [1.29, 1.82) is 0 Å². The number of aromatic nitrogens is 4. The summed E-state index contributed by atoms with van der Waals surface area (Å²) in [6, 6.07) is 0. The number of fused-ring (bicyclic) bond motifs is 1. The third-order valence-electron chi connectivity index (χ3n) is 6.59. The molecule has 2 fully saturated rings. The number of nitrogens with zero attached hydrogens (tertiary/aromatic N) is 4. The molecule has 1 atom stereocenters. The summed E-state index contributed by atoms with van der Waals surface area (Å²) in [7, 11) is 0. The Hall–Kier alpha value is -2.48. The molecule has 0 aromatic carbocycles. The minimum atomic E-state index is -0.0925. The molecule has 2 aromatic rings. The zero-order valence-corrected chi connectivity index (χ0v) is 16.3. The lowest BCUT2D eigenvalue weighted by molar-refractivity contribution is 0.0774. The summed E-state index contributed by atoms with van der Waals surface area (Å²) in [4.78, 5) is 34.8. The van der Waals surface area contributed by atoms with Crippen LogP contribution in [0.3, 0.4) is 0 Å². The molecule has 5 rings (SSSR count). The SMILES string of the molecule is Cc1c(C(=O)N2CCC3(CCCCN3)C2)cnn1-c1nc2c(c(=O)[nH]1)CCC2. The molecule has 0 bridgehead atoms. The van der Waals surface area contributed by atoms with E-state index >= 15 is 0 Å². The van der Waals surface area contributed by atoms with E-state index in [0.717, 1.165) is 63.0 Å². The molecule has 1 amide bonds. The number of aromatic amines is 1. The second-order valence-electron chi connectivity index (χ2n) is 8.36. The van der Waals surface area contributed by atoms with Gasteiger partial charge >= 0.3 is 0 Å². The van der Waals surface area contributed by atoms with Gasteiger partial charge in [0.1, 0.15) is 0 Å². The van der Waals surface area contributed by atoms with Crippen LogP contribution in [0, 0.1) is 6.92 Å². The molecule has 8 heteroatoms. The first-order chi connectivity index (χ1) is 13.6. The summed E-state index contributed by atoms with van der Waals surface area (Å²) in [5.41, 5.74) is 2.92. The quantitative estimate of drug-likeness (QED) is 0.811. The predicted octanol–water partition coefficient (Wildman–Crippen LogP) is 1.11. The number of aryl methyl sites for hydroxylation is 1. The van der Waals surface area contributed by atoms with Crippen molar-refractivity contribution < 1.29 is 4.79 Å². The number of carbonyl (C=O) groups excluding carboxylic acids is 1. The lowest BCUT2D eigenvalue weighted by atomic mass is 9.88. The number of piperidine rings is 1. The van der Waals surface area contributed by atoms with Gasteiger partial charge in [-0.1, -0.05) is 6.42 Å². The summed E-state index contributed by atoms with van der Waals surface area (Å²) in [5.74, 6) is 0.408. The van der Waals surface area contributed by atoms with Gasteiger partial charge in [0.15, 0.2) is 0 Å². The monoisotopic (exact) mass is 382 g/mol. The van der Waals surface area contributed by atoms with Gasteiger partial charge in [0.25, 0.3) is 11.5 Å². The van der Waals surface area contributed by atoms with Crippen LogP contribution in [0.4, 0.5) is 0 Å². The molecule has 4 heterocycles. The minimum absolute atomic E-state index is 0.0107. The summed E-state index contributed by atoms with van der Waals surface area (Å²) in [5, 5.41) is 8.01. The molecular weight excluding hydrogens is 356 g/mol. The average molecular weight is 382 g/mol. The Bertz CT molecular complexity index is 985. The van der Waals surface area contributed by atoms with E-state index in [-0.39, 0.29) is 17.0 Å². The van der Waals surface area contributed by atoms with E-state index in [4.69, 9.17) is 0 Å². The van der Waals surface area contributed by atoms with E-state index in [9.17, 15) is 9.59 Å². The van der Waals surface area contributed by atoms with Gasteiger partial charge in [-0.25, -0.2) is 9.67 Å². The number of hydrogen-bond donors (Lipinski definition) is 2. The van der Waals surface area contributed by atoms with Crippen LogP contribution >= 0.6 is 0 Å². The molecule has 28 heavy (non-hydrogen) atoms. The van der Waals surface area contributed by atoms with Crippen LogP contribution in [0.25, 0.3) is 5.95 Å². The Morgan fingerprint density at radius 2 is 2.11 bits per heavy atom. The summed E-state index contributed by atoms with van der Waals surface area (Å²) in [6.45, 7) is 4.42. The number of likely N-dealkylation sites (tertiary alicyclic amines) is 1. The number of hydrogen-bond acceptors (Lipinski definition) is 5. The third kappa shape index (κ3) is 2.78. The van der Waals surface area contributed by atoms with E-state index in [1.165, 1.54) is 12.8 Å². The molecule has 1 unspecified atom stereocenters. The molecule has 0 saturated carbocycles. The van der Waals surface area contributed by atoms with Crippen LogP contribution in [0.2, 0.25) is 0 Å². The van der Waals surface area contributed by atoms with Crippen molar-refractivity contribution in [2.75, 3.05) is 19.6 Å². The van der Waals surface area contributed by atoms with Gasteiger partial charge in [-0.3, -0.25) is 14.6 Å². The van der Waals surface area contributed by atoms with E-state index in [0.29, 0.717) is 17.2 Å². The normalized spacial score (nSPS) is 24.1. The fourth-order valence-electron chi connectivity index (χ4n) is 4.96. The van der Waals surface area contributed by atoms with Crippen molar-refractivity contribution in [1.82, 2.24) is 30.0 Å². The number of H-pyrrole nitrogens is 1. The van der Waals surface area contributed by atoms with Crippen molar-refractivity contribution in [2.45, 2.75) is 57.4 Å². The average Bonchev–Trinajstić information content (AvgIpc) is 3.41. The molecule has 2 saturated heterocycles. The predicted molar refractivity (Wildman–Crippen MR) is 104 cm³/mol. The summed E-state index contributed by atoms with van der Waals surface area (Å²) in [6.07, 6.45) is 8.75. The molecule has 2 aliphatic heterocycles. The van der Waals surface area contributed by atoms with Crippen LogP contribution in [-0.4, -0.2) is 55.7 Å². The molecule has 0 radical (unpaired) electrons. The van der Waals surface area contributed by atoms with Crippen LogP contribution in [0.15, 0.2) is 11.0 Å². The van der Waals surface area contributed by atoms with Gasteiger partial charge in [0, 0.05) is 24.2 Å². The maximum Gasteiger partial charge on any atom is 0.257 e. The first-order valence-corrected chi connectivity index (χ1v) is 10.3. The van der Waals surface area contributed by atoms with Gasteiger partial charge in [0.2, 0.25) is 5.95 Å². The van der Waals surface area contributed by atoms with Crippen molar-refractivity contribution >= 4 is 5.91 Å². The van der Waals surface area contributed by atoms with Crippen molar-refractivity contribution in [3.8, 4) is 5.95 Å². The third-order valence-corrected chi connectivity index (χ3v) is 6.59. The largest absolute Gasteiger partial charge is 0.337 e. The molecule has 8 nitrogen and oxygen atoms in total. The van der Waals surface area contributed by atoms with Crippen molar-refractivity contribution in [3.63, 3.8) is 0 Å². The fraction of sp³-hybridized carbons (Fsp3) is 0.600. The molecule has 1 aliphatic carbocycles. The standard InChI is InChI=1S/C20H26N6O2/c1-13-15(18(28)25-10-8-20(12-25)7-2-3-9-21-20)11-22-26(13)19-23-16-6-4-5-14(16)17(27)24-19/h11,21H,2-10,12H2,1H3,(H,23,24,27). The molecular formula is C20H26N6O2. The summed E-state index contributed by atoms with van der Waals surface area (Å²) >= 11 is 0. The Morgan fingerprint density at radius 3 is 2.93 bits per heavy atom. The first-order valence-electron chi connectivity index (χ1n) is 10.3. The van der Waals surface area contributed by atoms with E-state index in [2.05, 4.69) is 20.4 Å². The number of nitrogens with one attached hydrogen (secondary N) is 2. The maximum atomic E-state index is 13.1. The molecule has 148 valence electrons. The van der Waals surface area contributed by atoms with Gasteiger partial charge in [-0.2, -0.15) is 5.10 Å². The van der Waals surface area contributed by atoms with Crippen LogP contribution in [0.5, 0.6) is 0 Å². The van der Waals surface area contributed by atoms with E-state index in [1.807, 2.05) is 11.8 Å². The highest BCUT2D eigenvalue weighted by Gasteiger charge is 2.41. The molecule has 1 spiro atoms. The molecule has 3 aliphatic rings. The highest BCUT2D eigenvalue weighted by Crippen LogP contribution is 2.30. The lowest BCUT2D eigenvalue weighted by Crippen LogP contribution is -2.50. The van der Waals surface area contributed by atoms with Gasteiger partial charge < -0.3 is 10.2 Å². The zero-order valence-electron chi connectivity index (χ0n) is 16.3. The fourth-order valence-corrected chi connectivity index (χ4v) is 4.96. The second kappa shape index (κ2) is 6.55. The highest BCUT2D eigenvalue weighted by atomic mass is 16.2. The van der Waals surface area contributed by atoms with E-state index < -0.39 is 0 Å². The molecule has 2 aromatic heterocycles. The Kier molecular flexibility index (Phi) is 4.12. The zero-order chi connectivity index (χ0) is 19.3. The minimum Gasteiger partial charge on any atom is -0.337 e. The van der Waals surface area contributed by atoms with Crippen molar-refractivity contribution in [2.24, 2.45) is 0 Å². The Labute approximate surface area is 163 Å². The highest BCUT2D eigenvalue weighted by molar-refractivity contribution is 5.95. The topological polar surface area (TPSA) is 95.9 Å². The number of amides is 1. The van der Waals surface area contributed by atoms with Gasteiger partial charge in [0.05, 0.1) is 23.1 Å². The van der Waals surface area contributed by atoms with E-state index in [1.54, 1.807) is 10.9 Å². The molecule has 2 N–H and O–H groups in total. The van der Waals surface area contributed by atoms with Gasteiger partial charge in [-0.05, 0) is 52.0 Å². The summed E-state index contributed by atoms with van der Waals surface area (Å²) < 4.78 is 1.58. The number of rotatable bonds is 2. The smallest absolute Gasteiger partial charge is 0.257 e. The van der Waals surface area contributed by atoms with Crippen molar-refractivity contribution in [3.05, 3.63) is 39.1 Å². The van der Waals surface area contributed by atoms with Crippen LogP contribution in [-0.2, 0) is 12.8 Å². The lowest BCUT2D eigenvalue weighted by Gasteiger charge is -2.34.